The number of hydrogen-bond acceptors (Lipinski definition) is 2. The van der Waals surface area contributed by atoms with Gasteiger partial charge in [-0.25, -0.2) is 0 Å². The van der Waals surface area contributed by atoms with Crippen LogP contribution in [0.5, 0.6) is 0 Å². The van der Waals surface area contributed by atoms with Crippen molar-refractivity contribution in [1.29, 1.82) is 0 Å². The molecule has 2 nitrogen and oxygen atoms in total. The summed E-state index contributed by atoms with van der Waals surface area (Å²) in [5.74, 6) is 0. The molecule has 0 unspecified atom stereocenters. The van der Waals surface area contributed by atoms with Gasteiger partial charge in [0.1, 0.15) is 0 Å². The maximum atomic E-state index is 5.95. The Morgan fingerprint density at radius 2 is 2.22 bits per heavy atom. The summed E-state index contributed by atoms with van der Waals surface area (Å²) in [5.41, 5.74) is 5.34. The highest BCUT2D eigenvalue weighted by molar-refractivity contribution is 6.24. The number of rotatable bonds is 2. The monoisotopic (exact) mass is 148 g/mol. The van der Waals surface area contributed by atoms with Gasteiger partial charge >= 0.3 is 0 Å². The van der Waals surface area contributed by atoms with E-state index in [9.17, 15) is 0 Å². The summed E-state index contributed by atoms with van der Waals surface area (Å²) >= 11 is 5.95. The molecule has 0 aromatic carbocycles. The first kappa shape index (κ1) is 7.32. The lowest BCUT2D eigenvalue weighted by Gasteiger charge is -2.43. The van der Waals surface area contributed by atoms with Crippen LogP contribution in [-0.4, -0.2) is 36.0 Å². The molecule has 3 heteroatoms. The third-order valence-electron chi connectivity index (χ3n) is 1.55. The fourth-order valence-electron chi connectivity index (χ4n) is 1.23. The van der Waals surface area contributed by atoms with Gasteiger partial charge in [0.05, 0.1) is 4.87 Å². The Kier molecular flexibility index (Phi) is 1.99. The van der Waals surface area contributed by atoms with Crippen molar-refractivity contribution in [3.05, 3.63) is 0 Å². The second-order valence-corrected chi connectivity index (χ2v) is 3.83. The molecule has 1 saturated heterocycles. The molecule has 0 saturated carbocycles. The zero-order chi connectivity index (χ0) is 6.91. The van der Waals surface area contributed by atoms with Crippen LogP contribution in [0.2, 0.25) is 0 Å². The number of likely N-dealkylation sites (tertiary alicyclic amines) is 1. The SMILES string of the molecule is CC1(Cl)CN(CCN)C1. The molecule has 0 atom stereocenters. The molecule has 1 fully saturated rings. The Morgan fingerprint density at radius 1 is 1.67 bits per heavy atom. The van der Waals surface area contributed by atoms with Crippen molar-refractivity contribution in [2.24, 2.45) is 5.73 Å². The largest absolute Gasteiger partial charge is 0.329 e. The third-order valence-corrected chi connectivity index (χ3v) is 1.79. The lowest BCUT2D eigenvalue weighted by Crippen LogP contribution is -2.57. The van der Waals surface area contributed by atoms with E-state index < -0.39 is 0 Å². The number of alkyl halides is 1. The summed E-state index contributed by atoms with van der Waals surface area (Å²) in [6.07, 6.45) is 0. The van der Waals surface area contributed by atoms with E-state index in [-0.39, 0.29) is 4.87 Å². The number of nitrogens with two attached hydrogens (primary N) is 1. The molecule has 9 heavy (non-hydrogen) atoms. The average Bonchev–Trinajstić information content (AvgIpc) is 1.62. The van der Waals surface area contributed by atoms with Gasteiger partial charge in [0.25, 0.3) is 0 Å². The first-order valence-electron chi connectivity index (χ1n) is 3.25. The van der Waals surface area contributed by atoms with Crippen LogP contribution in [0, 0.1) is 0 Å². The minimum absolute atomic E-state index is 0.0369. The van der Waals surface area contributed by atoms with E-state index in [1.165, 1.54) is 0 Å². The molecule has 1 heterocycles. The minimum Gasteiger partial charge on any atom is -0.329 e. The van der Waals surface area contributed by atoms with Gasteiger partial charge < -0.3 is 5.73 Å². The molecule has 0 aromatic rings. The molecule has 0 amide bonds. The Morgan fingerprint density at radius 3 is 2.56 bits per heavy atom. The highest BCUT2D eigenvalue weighted by Gasteiger charge is 2.35. The molecule has 0 radical (unpaired) electrons. The van der Waals surface area contributed by atoms with Gasteiger partial charge in [-0.15, -0.1) is 11.6 Å². The van der Waals surface area contributed by atoms with Crippen LogP contribution in [0.1, 0.15) is 6.92 Å². The quantitative estimate of drug-likeness (QED) is 0.570. The van der Waals surface area contributed by atoms with Crippen LogP contribution in [0.15, 0.2) is 0 Å². The average molecular weight is 149 g/mol. The lowest BCUT2D eigenvalue weighted by molar-refractivity contribution is 0.137. The smallest absolute Gasteiger partial charge is 0.0671 e. The molecule has 1 aliphatic heterocycles. The molecule has 1 aliphatic rings. The van der Waals surface area contributed by atoms with Crippen LogP contribution in [-0.2, 0) is 0 Å². The summed E-state index contributed by atoms with van der Waals surface area (Å²) in [5, 5.41) is 0. The lowest BCUT2D eigenvalue weighted by atomic mass is 10.0. The topological polar surface area (TPSA) is 29.3 Å². The summed E-state index contributed by atoms with van der Waals surface area (Å²) in [6, 6.07) is 0. The molecule has 2 N–H and O–H groups in total. The Balaban J connectivity index is 2.12. The van der Waals surface area contributed by atoms with Crippen molar-refractivity contribution in [1.82, 2.24) is 4.90 Å². The van der Waals surface area contributed by atoms with Crippen molar-refractivity contribution in [2.45, 2.75) is 11.8 Å². The van der Waals surface area contributed by atoms with Crippen molar-refractivity contribution >= 4 is 11.6 Å². The molecule has 0 aliphatic carbocycles. The number of nitrogens with zero attached hydrogens (tertiary/aromatic N) is 1. The predicted molar refractivity (Wildman–Crippen MR) is 39.8 cm³/mol. The zero-order valence-corrected chi connectivity index (χ0v) is 6.49. The van der Waals surface area contributed by atoms with E-state index in [0.29, 0.717) is 0 Å². The fourth-order valence-corrected chi connectivity index (χ4v) is 1.56. The zero-order valence-electron chi connectivity index (χ0n) is 5.73. The summed E-state index contributed by atoms with van der Waals surface area (Å²) in [6.45, 7) is 5.77. The molecular weight excluding hydrogens is 136 g/mol. The third kappa shape index (κ3) is 1.81. The molecule has 1 rings (SSSR count). The summed E-state index contributed by atoms with van der Waals surface area (Å²) < 4.78 is 0. The minimum atomic E-state index is 0.0369. The van der Waals surface area contributed by atoms with Crippen LogP contribution in [0.4, 0.5) is 0 Å². The van der Waals surface area contributed by atoms with Crippen molar-refractivity contribution < 1.29 is 0 Å². The van der Waals surface area contributed by atoms with Crippen molar-refractivity contribution in [3.8, 4) is 0 Å². The molecule has 54 valence electrons. The van der Waals surface area contributed by atoms with E-state index in [2.05, 4.69) is 11.8 Å². The van der Waals surface area contributed by atoms with Gasteiger partial charge in [-0.1, -0.05) is 0 Å². The Hall–Kier alpha value is 0.210. The second-order valence-electron chi connectivity index (χ2n) is 2.91. The van der Waals surface area contributed by atoms with Gasteiger partial charge in [-0.05, 0) is 6.92 Å². The van der Waals surface area contributed by atoms with Crippen LogP contribution < -0.4 is 5.73 Å². The Labute approximate surface area is 61.0 Å². The van der Waals surface area contributed by atoms with Gasteiger partial charge in [-0.3, -0.25) is 4.90 Å². The van der Waals surface area contributed by atoms with E-state index in [1.54, 1.807) is 0 Å². The number of halogens is 1. The molecule has 0 aromatic heterocycles. The first-order chi connectivity index (χ1) is 4.14. The van der Waals surface area contributed by atoms with Crippen LogP contribution >= 0.6 is 11.6 Å². The summed E-state index contributed by atoms with van der Waals surface area (Å²) in [4.78, 5) is 2.29. The van der Waals surface area contributed by atoms with Crippen LogP contribution in [0.3, 0.4) is 0 Å². The summed E-state index contributed by atoms with van der Waals surface area (Å²) in [7, 11) is 0. The van der Waals surface area contributed by atoms with Crippen molar-refractivity contribution in [2.75, 3.05) is 26.2 Å². The van der Waals surface area contributed by atoms with Gasteiger partial charge in [0, 0.05) is 26.2 Å². The number of hydrogen-bond donors (Lipinski definition) is 1. The van der Waals surface area contributed by atoms with E-state index >= 15 is 0 Å². The van der Waals surface area contributed by atoms with E-state index in [4.69, 9.17) is 17.3 Å². The van der Waals surface area contributed by atoms with Gasteiger partial charge in [0.15, 0.2) is 0 Å². The van der Waals surface area contributed by atoms with E-state index in [0.717, 1.165) is 26.2 Å². The fraction of sp³-hybridized carbons (Fsp3) is 1.00. The standard InChI is InChI=1S/C6H13ClN2/c1-6(7)4-9(5-6)3-2-8/h2-5,8H2,1H3. The highest BCUT2D eigenvalue weighted by Crippen LogP contribution is 2.26. The Bertz CT molecular complexity index is 95.2. The molecule has 0 spiro atoms. The maximum absolute atomic E-state index is 5.95. The first-order valence-corrected chi connectivity index (χ1v) is 3.63. The maximum Gasteiger partial charge on any atom is 0.0671 e. The van der Waals surface area contributed by atoms with E-state index in [1.807, 2.05) is 0 Å². The normalized spacial score (nSPS) is 25.7. The van der Waals surface area contributed by atoms with Crippen LogP contribution in [0.25, 0.3) is 0 Å². The van der Waals surface area contributed by atoms with Crippen molar-refractivity contribution in [3.63, 3.8) is 0 Å². The van der Waals surface area contributed by atoms with Gasteiger partial charge in [0.2, 0.25) is 0 Å². The second kappa shape index (κ2) is 2.45. The molecule has 0 bridgehead atoms. The highest BCUT2D eigenvalue weighted by atomic mass is 35.5. The predicted octanol–water partition coefficient (Wildman–Crippen LogP) is 0.258. The molecular formula is C6H13ClN2. The van der Waals surface area contributed by atoms with Gasteiger partial charge in [-0.2, -0.15) is 0 Å².